The van der Waals surface area contributed by atoms with Crippen LogP contribution in [0.1, 0.15) is 42.5 Å². The number of halogens is 1. The van der Waals surface area contributed by atoms with Crippen LogP contribution < -0.4 is 26.4 Å². The molecular weight excluding hydrogens is 466 g/mol. The summed E-state index contributed by atoms with van der Waals surface area (Å²) in [4.78, 5) is 27.0. The molecule has 1 aliphatic heterocycles. The van der Waals surface area contributed by atoms with Gasteiger partial charge in [-0.2, -0.15) is 0 Å². The molecule has 0 bridgehead atoms. The predicted molar refractivity (Wildman–Crippen MR) is 141 cm³/mol. The van der Waals surface area contributed by atoms with E-state index in [1.54, 1.807) is 12.1 Å². The monoisotopic (exact) mass is 501 g/mol. The minimum Gasteiger partial charge on any atom is -0.496 e. The van der Waals surface area contributed by atoms with Crippen molar-refractivity contribution in [1.82, 2.24) is 15.5 Å². The number of carbonyl (C=O) groups is 2. The second-order valence-corrected chi connectivity index (χ2v) is 9.31. The average Bonchev–Trinajstić information content (AvgIpc) is 3.31. The number of benzene rings is 2. The number of hydrogen-bond acceptors (Lipinski definition) is 5. The van der Waals surface area contributed by atoms with Crippen molar-refractivity contribution in [2.45, 2.75) is 32.1 Å². The molecular formula is C26H36ClN5O3. The summed E-state index contributed by atoms with van der Waals surface area (Å²) < 4.78 is 5.27. The van der Waals surface area contributed by atoms with E-state index < -0.39 is 0 Å². The summed E-state index contributed by atoms with van der Waals surface area (Å²) in [5.74, 6) is 0.652. The van der Waals surface area contributed by atoms with Crippen LogP contribution in [-0.2, 0) is 0 Å². The molecule has 1 heterocycles. The number of methoxy groups -OCH3 is 1. The van der Waals surface area contributed by atoms with Gasteiger partial charge in [-0.15, -0.1) is 0 Å². The van der Waals surface area contributed by atoms with Crippen molar-refractivity contribution in [3.8, 4) is 5.75 Å². The molecule has 2 aromatic rings. The van der Waals surface area contributed by atoms with E-state index in [2.05, 4.69) is 20.9 Å². The summed E-state index contributed by atoms with van der Waals surface area (Å²) in [5.41, 5.74) is 7.37. The Labute approximate surface area is 212 Å². The SMILES string of the molecule is COc1cc(N)c(Cl)cc1C(=O)NC[C@H]1CCN(CCCCCCNC(=O)Nc2ccccc2)C1. The number of nitrogens with one attached hydrogen (secondary N) is 3. The third-order valence-corrected chi connectivity index (χ3v) is 6.53. The first-order chi connectivity index (χ1) is 17.0. The molecule has 0 spiro atoms. The maximum absolute atomic E-state index is 12.6. The Morgan fingerprint density at radius 3 is 2.66 bits per heavy atom. The fraction of sp³-hybridized carbons (Fsp3) is 0.462. The first kappa shape index (κ1) is 26.6. The van der Waals surface area contributed by atoms with Gasteiger partial charge in [0.05, 0.1) is 23.4 Å². The highest BCUT2D eigenvalue weighted by Gasteiger charge is 2.23. The van der Waals surface area contributed by atoms with Crippen LogP contribution in [0.3, 0.4) is 0 Å². The zero-order valence-electron chi connectivity index (χ0n) is 20.3. The van der Waals surface area contributed by atoms with Crippen LogP contribution in [-0.4, -0.2) is 56.7 Å². The number of hydrogen-bond donors (Lipinski definition) is 4. The van der Waals surface area contributed by atoms with Crippen molar-refractivity contribution in [3.05, 3.63) is 53.1 Å². The molecule has 8 nitrogen and oxygen atoms in total. The molecule has 0 saturated carbocycles. The summed E-state index contributed by atoms with van der Waals surface area (Å²) in [6, 6.07) is 12.4. The van der Waals surface area contributed by atoms with Gasteiger partial charge in [-0.3, -0.25) is 4.79 Å². The Morgan fingerprint density at radius 1 is 1.11 bits per heavy atom. The third kappa shape index (κ3) is 8.64. The third-order valence-electron chi connectivity index (χ3n) is 6.20. The van der Waals surface area contributed by atoms with Crippen LogP contribution in [0.4, 0.5) is 16.2 Å². The van der Waals surface area contributed by atoms with Crippen molar-refractivity contribution in [2.24, 2.45) is 5.92 Å². The largest absolute Gasteiger partial charge is 0.496 e. The number of urea groups is 1. The number of unbranched alkanes of at least 4 members (excludes halogenated alkanes) is 3. The summed E-state index contributed by atoms with van der Waals surface area (Å²) in [6.45, 7) is 4.40. The lowest BCUT2D eigenvalue weighted by atomic mass is 10.1. The number of rotatable bonds is 12. The zero-order chi connectivity index (χ0) is 25.0. The highest BCUT2D eigenvalue weighted by atomic mass is 35.5. The fourth-order valence-corrected chi connectivity index (χ4v) is 4.41. The molecule has 3 rings (SSSR count). The van der Waals surface area contributed by atoms with Gasteiger partial charge in [0.2, 0.25) is 0 Å². The van der Waals surface area contributed by atoms with E-state index in [0.717, 1.165) is 57.4 Å². The summed E-state index contributed by atoms with van der Waals surface area (Å²) >= 11 is 6.08. The van der Waals surface area contributed by atoms with Crippen LogP contribution in [0.15, 0.2) is 42.5 Å². The number of ether oxygens (including phenoxy) is 1. The lowest BCUT2D eigenvalue weighted by Gasteiger charge is -2.17. The predicted octanol–water partition coefficient (Wildman–Crippen LogP) is 4.36. The maximum Gasteiger partial charge on any atom is 0.319 e. The lowest BCUT2D eigenvalue weighted by Crippen LogP contribution is -2.31. The van der Waals surface area contributed by atoms with Crippen molar-refractivity contribution >= 4 is 34.9 Å². The maximum atomic E-state index is 12.6. The molecule has 0 aromatic heterocycles. The molecule has 1 saturated heterocycles. The van der Waals surface area contributed by atoms with Crippen LogP contribution >= 0.6 is 11.6 Å². The van der Waals surface area contributed by atoms with Crippen molar-refractivity contribution in [1.29, 1.82) is 0 Å². The number of likely N-dealkylation sites (tertiary alicyclic amines) is 1. The molecule has 5 N–H and O–H groups in total. The van der Waals surface area contributed by atoms with Gasteiger partial charge < -0.3 is 31.3 Å². The Hall–Kier alpha value is -2.97. The molecule has 0 aliphatic carbocycles. The molecule has 35 heavy (non-hydrogen) atoms. The highest BCUT2D eigenvalue weighted by molar-refractivity contribution is 6.33. The molecule has 3 amide bonds. The van der Waals surface area contributed by atoms with E-state index >= 15 is 0 Å². The van der Waals surface area contributed by atoms with E-state index in [1.165, 1.54) is 7.11 Å². The van der Waals surface area contributed by atoms with Gasteiger partial charge in [-0.1, -0.05) is 42.6 Å². The molecule has 2 aromatic carbocycles. The minimum absolute atomic E-state index is 0.163. The Balaban J connectivity index is 1.24. The molecule has 1 fully saturated rings. The highest BCUT2D eigenvalue weighted by Crippen LogP contribution is 2.29. The second kappa shape index (κ2) is 13.8. The number of nitrogens with two attached hydrogens (primary N) is 1. The number of anilines is 2. The van der Waals surface area contributed by atoms with Crippen molar-refractivity contribution in [3.63, 3.8) is 0 Å². The Bertz CT molecular complexity index is 973. The number of carbonyl (C=O) groups excluding carboxylic acids is 2. The first-order valence-electron chi connectivity index (χ1n) is 12.2. The molecule has 9 heteroatoms. The lowest BCUT2D eigenvalue weighted by molar-refractivity contribution is 0.0944. The molecule has 190 valence electrons. The number of amides is 3. The smallest absolute Gasteiger partial charge is 0.319 e. The normalized spacial score (nSPS) is 15.5. The number of nitrogen functional groups attached to an aromatic ring is 1. The molecule has 1 atom stereocenters. The number of para-hydroxylation sites is 1. The average molecular weight is 502 g/mol. The van der Waals surface area contributed by atoms with Gasteiger partial charge in [0.25, 0.3) is 5.91 Å². The van der Waals surface area contributed by atoms with E-state index in [1.807, 2.05) is 30.3 Å². The van der Waals surface area contributed by atoms with Crippen molar-refractivity contribution in [2.75, 3.05) is 50.9 Å². The summed E-state index contributed by atoms with van der Waals surface area (Å²) in [6.07, 6.45) is 5.40. The minimum atomic E-state index is -0.201. The van der Waals surface area contributed by atoms with Gasteiger partial charge >= 0.3 is 6.03 Å². The Kier molecular flexibility index (Phi) is 10.5. The summed E-state index contributed by atoms with van der Waals surface area (Å²) in [5, 5.41) is 9.08. The topological polar surface area (TPSA) is 109 Å². The molecule has 0 radical (unpaired) electrons. The van der Waals surface area contributed by atoms with Gasteiger partial charge in [0.15, 0.2) is 0 Å². The van der Waals surface area contributed by atoms with Crippen LogP contribution in [0.5, 0.6) is 5.75 Å². The van der Waals surface area contributed by atoms with E-state index in [-0.39, 0.29) is 11.9 Å². The fourth-order valence-electron chi connectivity index (χ4n) is 4.24. The number of nitrogens with zero attached hydrogens (tertiary/aromatic N) is 1. The van der Waals surface area contributed by atoms with Crippen LogP contribution in [0.25, 0.3) is 0 Å². The quantitative estimate of drug-likeness (QED) is 0.255. The van der Waals surface area contributed by atoms with Gasteiger partial charge in [-0.25, -0.2) is 4.79 Å². The standard InChI is InChI=1S/C26H36ClN5O3/c1-35-24-16-23(28)22(27)15-21(24)25(33)30-17-19-11-14-32(18-19)13-8-3-2-7-12-29-26(34)31-20-9-5-4-6-10-20/h4-6,9-10,15-16,19H,2-3,7-8,11-14,17-18,28H2,1H3,(H,30,33)(H2,29,31,34)/t19-/m1/s1. The van der Waals surface area contributed by atoms with Gasteiger partial charge in [-0.05, 0) is 56.5 Å². The van der Waals surface area contributed by atoms with Gasteiger partial charge in [0.1, 0.15) is 5.75 Å². The zero-order valence-corrected chi connectivity index (χ0v) is 21.1. The van der Waals surface area contributed by atoms with Crippen LogP contribution in [0.2, 0.25) is 5.02 Å². The van der Waals surface area contributed by atoms with Crippen molar-refractivity contribution < 1.29 is 14.3 Å². The molecule has 1 aliphatic rings. The van der Waals surface area contributed by atoms with Crippen LogP contribution in [0, 0.1) is 5.92 Å². The first-order valence-corrected chi connectivity index (χ1v) is 12.6. The van der Waals surface area contributed by atoms with Gasteiger partial charge in [0, 0.05) is 31.4 Å². The van der Waals surface area contributed by atoms with E-state index in [9.17, 15) is 9.59 Å². The molecule has 0 unspecified atom stereocenters. The van der Waals surface area contributed by atoms with E-state index in [4.69, 9.17) is 22.1 Å². The summed E-state index contributed by atoms with van der Waals surface area (Å²) in [7, 11) is 1.51. The van der Waals surface area contributed by atoms with E-state index in [0.29, 0.717) is 41.0 Å². The Morgan fingerprint density at radius 2 is 1.89 bits per heavy atom. The second-order valence-electron chi connectivity index (χ2n) is 8.90.